The molecule has 0 radical (unpaired) electrons. The third-order valence-corrected chi connectivity index (χ3v) is 3.23. The van der Waals surface area contributed by atoms with Crippen LogP contribution in [0.5, 0.6) is 5.75 Å². The number of fused-ring (bicyclic) bond motifs is 1. The maximum Gasteiger partial charge on any atom is 0.128 e. The second-order valence-electron chi connectivity index (χ2n) is 4.80. The fraction of sp³-hybridized carbons (Fsp3) is 0.200. The van der Waals surface area contributed by atoms with Gasteiger partial charge in [0.2, 0.25) is 0 Å². The van der Waals surface area contributed by atoms with Crippen molar-refractivity contribution in [1.29, 1.82) is 0 Å². The van der Waals surface area contributed by atoms with Gasteiger partial charge in [-0.3, -0.25) is 4.99 Å². The van der Waals surface area contributed by atoms with Gasteiger partial charge in [-0.25, -0.2) is 4.98 Å². The Morgan fingerprint density at radius 3 is 2.79 bits per heavy atom. The second-order valence-corrected chi connectivity index (χ2v) is 4.80. The molecule has 4 nitrogen and oxygen atoms in total. The summed E-state index contributed by atoms with van der Waals surface area (Å²) in [5.74, 6) is 1.17. The van der Waals surface area contributed by atoms with E-state index in [1.165, 1.54) is 0 Å². The standard InChI is InChI=1S/C15H15N3O/c1-18(2)14-7-10(5-6-16-14)15-13-8-12(19)4-3-11(13)9-17-15/h3-8,19H,9H2,1-2H3. The van der Waals surface area contributed by atoms with Gasteiger partial charge in [-0.15, -0.1) is 0 Å². The highest BCUT2D eigenvalue weighted by Gasteiger charge is 2.18. The van der Waals surface area contributed by atoms with Crippen molar-refractivity contribution in [3.05, 3.63) is 53.2 Å². The number of nitrogens with zero attached hydrogens (tertiary/aromatic N) is 3. The van der Waals surface area contributed by atoms with Crippen molar-refractivity contribution in [3.8, 4) is 5.75 Å². The van der Waals surface area contributed by atoms with Gasteiger partial charge in [-0.05, 0) is 29.8 Å². The zero-order chi connectivity index (χ0) is 13.4. The molecule has 19 heavy (non-hydrogen) atoms. The number of hydrogen-bond donors (Lipinski definition) is 1. The lowest BCUT2D eigenvalue weighted by molar-refractivity contribution is 0.475. The van der Waals surface area contributed by atoms with E-state index in [0.717, 1.165) is 28.2 Å². The molecule has 1 N–H and O–H groups in total. The fourth-order valence-corrected chi connectivity index (χ4v) is 2.23. The summed E-state index contributed by atoms with van der Waals surface area (Å²) in [7, 11) is 3.92. The molecule has 0 aliphatic carbocycles. The zero-order valence-corrected chi connectivity index (χ0v) is 11.0. The Balaban J connectivity index is 2.06. The van der Waals surface area contributed by atoms with Crippen molar-refractivity contribution in [2.45, 2.75) is 6.54 Å². The van der Waals surface area contributed by atoms with E-state index in [4.69, 9.17) is 0 Å². The SMILES string of the molecule is CN(C)c1cc(C2=NCc3ccc(O)cc32)ccn1. The molecule has 0 bridgehead atoms. The first-order valence-corrected chi connectivity index (χ1v) is 6.15. The molecule has 0 atom stereocenters. The van der Waals surface area contributed by atoms with E-state index in [1.807, 2.05) is 37.2 Å². The lowest BCUT2D eigenvalue weighted by Crippen LogP contribution is -2.11. The lowest BCUT2D eigenvalue weighted by Gasteiger charge is -2.12. The van der Waals surface area contributed by atoms with Gasteiger partial charge in [0.1, 0.15) is 11.6 Å². The largest absolute Gasteiger partial charge is 0.508 e. The molecule has 2 heterocycles. The topological polar surface area (TPSA) is 48.7 Å². The summed E-state index contributed by atoms with van der Waals surface area (Å²) in [5.41, 5.74) is 4.12. The third-order valence-electron chi connectivity index (χ3n) is 3.23. The van der Waals surface area contributed by atoms with E-state index in [0.29, 0.717) is 6.54 Å². The van der Waals surface area contributed by atoms with Crippen molar-refractivity contribution in [2.75, 3.05) is 19.0 Å². The van der Waals surface area contributed by atoms with Gasteiger partial charge in [-0.2, -0.15) is 0 Å². The van der Waals surface area contributed by atoms with Crippen LogP contribution in [0.25, 0.3) is 0 Å². The van der Waals surface area contributed by atoms with Gasteiger partial charge < -0.3 is 10.0 Å². The second kappa shape index (κ2) is 4.39. The van der Waals surface area contributed by atoms with E-state index in [1.54, 1.807) is 18.3 Å². The highest BCUT2D eigenvalue weighted by Crippen LogP contribution is 2.27. The summed E-state index contributed by atoms with van der Waals surface area (Å²) in [6, 6.07) is 9.37. The maximum absolute atomic E-state index is 9.63. The summed E-state index contributed by atoms with van der Waals surface area (Å²) in [5, 5.41) is 9.63. The Labute approximate surface area is 112 Å². The summed E-state index contributed by atoms with van der Waals surface area (Å²) in [6.45, 7) is 0.671. The van der Waals surface area contributed by atoms with Crippen LogP contribution in [0.4, 0.5) is 5.82 Å². The van der Waals surface area contributed by atoms with Crippen LogP contribution in [-0.4, -0.2) is 29.9 Å². The number of benzene rings is 1. The fourth-order valence-electron chi connectivity index (χ4n) is 2.23. The van der Waals surface area contributed by atoms with Crippen LogP contribution in [0.15, 0.2) is 41.5 Å². The molecular formula is C15H15N3O. The molecule has 0 saturated heterocycles. The van der Waals surface area contributed by atoms with Crippen LogP contribution in [0.2, 0.25) is 0 Å². The molecule has 1 aliphatic rings. The van der Waals surface area contributed by atoms with Crippen molar-refractivity contribution < 1.29 is 5.11 Å². The van der Waals surface area contributed by atoms with Crippen LogP contribution in [0.3, 0.4) is 0 Å². The Morgan fingerprint density at radius 2 is 2.00 bits per heavy atom. The summed E-state index contributed by atoms with van der Waals surface area (Å²) in [6.07, 6.45) is 1.79. The van der Waals surface area contributed by atoms with E-state index < -0.39 is 0 Å². The third kappa shape index (κ3) is 2.05. The smallest absolute Gasteiger partial charge is 0.128 e. The highest BCUT2D eigenvalue weighted by atomic mass is 16.3. The number of aliphatic imine (C=N–C) groups is 1. The normalized spacial score (nSPS) is 13.1. The van der Waals surface area contributed by atoms with Gasteiger partial charge in [0, 0.05) is 31.4 Å². The number of hydrogen-bond acceptors (Lipinski definition) is 4. The average molecular weight is 253 g/mol. The number of aromatic hydroxyl groups is 1. The predicted octanol–water partition coefficient (Wildman–Crippen LogP) is 2.20. The summed E-state index contributed by atoms with van der Waals surface area (Å²) >= 11 is 0. The molecule has 0 unspecified atom stereocenters. The van der Waals surface area contributed by atoms with E-state index in [-0.39, 0.29) is 5.75 Å². The number of phenols is 1. The van der Waals surface area contributed by atoms with Crippen molar-refractivity contribution in [1.82, 2.24) is 4.98 Å². The first-order valence-electron chi connectivity index (χ1n) is 6.15. The number of rotatable bonds is 2. The summed E-state index contributed by atoms with van der Waals surface area (Å²) < 4.78 is 0. The monoisotopic (exact) mass is 253 g/mol. The molecule has 0 spiro atoms. The van der Waals surface area contributed by atoms with E-state index in [9.17, 15) is 5.11 Å². The predicted molar refractivity (Wildman–Crippen MR) is 76.0 cm³/mol. The van der Waals surface area contributed by atoms with Gasteiger partial charge in [0.15, 0.2) is 0 Å². The maximum atomic E-state index is 9.63. The number of phenolic OH excluding ortho intramolecular Hbond substituents is 1. The molecule has 1 aromatic carbocycles. The number of anilines is 1. The quantitative estimate of drug-likeness (QED) is 0.892. The van der Waals surface area contributed by atoms with Crippen LogP contribution in [0.1, 0.15) is 16.7 Å². The van der Waals surface area contributed by atoms with Crippen molar-refractivity contribution >= 4 is 11.5 Å². The minimum atomic E-state index is 0.273. The Hall–Kier alpha value is -2.36. The molecule has 0 saturated carbocycles. The first kappa shape index (κ1) is 11.7. The molecule has 2 aromatic rings. The van der Waals surface area contributed by atoms with Crippen molar-refractivity contribution in [2.24, 2.45) is 4.99 Å². The van der Waals surface area contributed by atoms with Gasteiger partial charge in [0.05, 0.1) is 12.3 Å². The Morgan fingerprint density at radius 1 is 1.16 bits per heavy atom. The van der Waals surface area contributed by atoms with Crippen LogP contribution in [-0.2, 0) is 6.54 Å². The lowest BCUT2D eigenvalue weighted by atomic mass is 10.0. The molecule has 3 rings (SSSR count). The first-order chi connectivity index (χ1) is 9.15. The molecule has 1 aromatic heterocycles. The number of aromatic nitrogens is 1. The minimum Gasteiger partial charge on any atom is -0.508 e. The van der Waals surface area contributed by atoms with Gasteiger partial charge >= 0.3 is 0 Å². The van der Waals surface area contributed by atoms with E-state index in [2.05, 4.69) is 9.98 Å². The van der Waals surface area contributed by atoms with Gasteiger partial charge in [0.25, 0.3) is 0 Å². The zero-order valence-electron chi connectivity index (χ0n) is 11.0. The highest BCUT2D eigenvalue weighted by molar-refractivity contribution is 6.15. The molecular weight excluding hydrogens is 238 g/mol. The molecule has 4 heteroatoms. The molecule has 0 amide bonds. The molecule has 96 valence electrons. The van der Waals surface area contributed by atoms with Crippen LogP contribution in [0, 0.1) is 0 Å². The van der Waals surface area contributed by atoms with E-state index >= 15 is 0 Å². The minimum absolute atomic E-state index is 0.273. The Bertz CT molecular complexity index is 662. The Kier molecular flexibility index (Phi) is 2.71. The summed E-state index contributed by atoms with van der Waals surface area (Å²) in [4.78, 5) is 10.8. The van der Waals surface area contributed by atoms with Crippen molar-refractivity contribution in [3.63, 3.8) is 0 Å². The molecule has 0 fully saturated rings. The van der Waals surface area contributed by atoms with Crippen LogP contribution < -0.4 is 4.90 Å². The number of pyridine rings is 1. The molecule has 1 aliphatic heterocycles. The average Bonchev–Trinajstić information content (AvgIpc) is 2.81. The van der Waals surface area contributed by atoms with Gasteiger partial charge in [-0.1, -0.05) is 6.07 Å². The van der Waals surface area contributed by atoms with Crippen LogP contribution >= 0.6 is 0 Å².